The van der Waals surface area contributed by atoms with Crippen molar-refractivity contribution in [2.75, 3.05) is 38.1 Å². The van der Waals surface area contributed by atoms with Crippen molar-refractivity contribution in [1.29, 1.82) is 0 Å². The fourth-order valence-corrected chi connectivity index (χ4v) is 2.71. The van der Waals surface area contributed by atoms with E-state index in [1.54, 1.807) is 6.20 Å². The van der Waals surface area contributed by atoms with Gasteiger partial charge in [-0.2, -0.15) is 0 Å². The number of amides is 1. The maximum absolute atomic E-state index is 12.4. The van der Waals surface area contributed by atoms with Crippen molar-refractivity contribution in [3.05, 3.63) is 53.3 Å². The summed E-state index contributed by atoms with van der Waals surface area (Å²) in [7, 11) is 2.11. The summed E-state index contributed by atoms with van der Waals surface area (Å²) in [5.74, 6) is 0.571. The molecule has 2 heterocycles. The Bertz CT molecular complexity index is 696. The van der Waals surface area contributed by atoms with Gasteiger partial charge in [-0.25, -0.2) is 9.97 Å². The van der Waals surface area contributed by atoms with E-state index < -0.39 is 0 Å². The molecule has 1 aromatic carbocycles. The average Bonchev–Trinajstić information content (AvgIpc) is 2.61. The summed E-state index contributed by atoms with van der Waals surface area (Å²) in [4.78, 5) is 25.7. The molecule has 3 rings (SSSR count). The van der Waals surface area contributed by atoms with E-state index in [1.165, 1.54) is 0 Å². The summed E-state index contributed by atoms with van der Waals surface area (Å²) in [5.41, 5.74) is 2.31. The lowest BCUT2D eigenvalue weighted by molar-refractivity contribution is 0.0949. The number of nitrogens with zero attached hydrogens (tertiary/aromatic N) is 4. The normalized spacial score (nSPS) is 15.3. The first-order valence-corrected chi connectivity index (χ1v) is 8.23. The summed E-state index contributed by atoms with van der Waals surface area (Å²) in [6.45, 7) is 6.19. The molecule has 0 aliphatic carbocycles. The topological polar surface area (TPSA) is 61.4 Å². The number of aromatic nitrogens is 2. The second-order valence-corrected chi connectivity index (χ2v) is 6.13. The van der Waals surface area contributed by atoms with Gasteiger partial charge in [0.05, 0.1) is 11.3 Å². The van der Waals surface area contributed by atoms with E-state index in [2.05, 4.69) is 32.1 Å². The van der Waals surface area contributed by atoms with Crippen molar-refractivity contribution in [3.8, 4) is 0 Å². The van der Waals surface area contributed by atoms with Gasteiger partial charge in [0.15, 0.2) is 0 Å². The SMILES string of the molecule is Cc1nc(N2CCN(C)CC2)ncc1C(=O)NCc1ccccc1. The molecule has 6 heteroatoms. The molecular formula is C18H23N5O. The molecule has 126 valence electrons. The fraction of sp³-hybridized carbons (Fsp3) is 0.389. The van der Waals surface area contributed by atoms with E-state index in [4.69, 9.17) is 0 Å². The second kappa shape index (κ2) is 7.40. The standard InChI is InChI=1S/C18H23N5O/c1-14-16(17(24)19-12-15-6-4-3-5-7-15)13-20-18(21-14)23-10-8-22(2)9-11-23/h3-7,13H,8-12H2,1-2H3,(H,19,24). The number of nitrogens with one attached hydrogen (secondary N) is 1. The van der Waals surface area contributed by atoms with E-state index in [0.717, 1.165) is 31.7 Å². The van der Waals surface area contributed by atoms with E-state index in [-0.39, 0.29) is 5.91 Å². The zero-order valence-corrected chi connectivity index (χ0v) is 14.2. The number of benzene rings is 1. The van der Waals surface area contributed by atoms with Gasteiger partial charge in [0.25, 0.3) is 5.91 Å². The van der Waals surface area contributed by atoms with Crippen LogP contribution >= 0.6 is 0 Å². The number of carbonyl (C=O) groups excluding carboxylic acids is 1. The van der Waals surface area contributed by atoms with Gasteiger partial charge >= 0.3 is 0 Å². The lowest BCUT2D eigenvalue weighted by Crippen LogP contribution is -2.45. The molecule has 0 radical (unpaired) electrons. The summed E-state index contributed by atoms with van der Waals surface area (Å²) >= 11 is 0. The van der Waals surface area contributed by atoms with Crippen LogP contribution in [0.3, 0.4) is 0 Å². The average molecular weight is 325 g/mol. The molecule has 1 fully saturated rings. The first kappa shape index (κ1) is 16.4. The van der Waals surface area contributed by atoms with E-state index >= 15 is 0 Å². The maximum atomic E-state index is 12.4. The van der Waals surface area contributed by atoms with Crippen molar-refractivity contribution in [3.63, 3.8) is 0 Å². The van der Waals surface area contributed by atoms with Crippen LogP contribution in [-0.4, -0.2) is 54.0 Å². The number of hydrogen-bond acceptors (Lipinski definition) is 5. The largest absolute Gasteiger partial charge is 0.348 e. The molecule has 0 bridgehead atoms. The van der Waals surface area contributed by atoms with E-state index in [9.17, 15) is 4.79 Å². The molecule has 0 spiro atoms. The van der Waals surface area contributed by atoms with Crippen LogP contribution < -0.4 is 10.2 Å². The van der Waals surface area contributed by atoms with E-state index in [1.807, 2.05) is 37.3 Å². The highest BCUT2D eigenvalue weighted by molar-refractivity contribution is 5.94. The third-order valence-electron chi connectivity index (χ3n) is 4.29. The van der Waals surface area contributed by atoms with Gasteiger partial charge in [-0.05, 0) is 19.5 Å². The first-order valence-electron chi connectivity index (χ1n) is 8.23. The number of hydrogen-bond donors (Lipinski definition) is 1. The minimum Gasteiger partial charge on any atom is -0.348 e. The highest BCUT2D eigenvalue weighted by atomic mass is 16.1. The maximum Gasteiger partial charge on any atom is 0.254 e. The van der Waals surface area contributed by atoms with Crippen LogP contribution in [0, 0.1) is 6.92 Å². The van der Waals surface area contributed by atoms with E-state index in [0.29, 0.717) is 23.8 Å². The van der Waals surface area contributed by atoms with Gasteiger partial charge in [-0.3, -0.25) is 4.79 Å². The number of carbonyl (C=O) groups is 1. The Morgan fingerprint density at radius 1 is 1.17 bits per heavy atom. The van der Waals surface area contributed by atoms with Crippen LogP contribution in [0.15, 0.2) is 36.5 Å². The Labute approximate surface area is 142 Å². The number of aryl methyl sites for hydroxylation is 1. The minimum atomic E-state index is -0.138. The van der Waals surface area contributed by atoms with Crippen molar-refractivity contribution < 1.29 is 4.79 Å². The Morgan fingerprint density at radius 3 is 2.54 bits per heavy atom. The summed E-state index contributed by atoms with van der Waals surface area (Å²) in [6.07, 6.45) is 1.64. The Hall–Kier alpha value is -2.47. The van der Waals surface area contributed by atoms with Crippen molar-refractivity contribution >= 4 is 11.9 Å². The Morgan fingerprint density at radius 2 is 1.88 bits per heavy atom. The summed E-state index contributed by atoms with van der Waals surface area (Å²) in [5, 5.41) is 2.92. The zero-order valence-electron chi connectivity index (χ0n) is 14.2. The highest BCUT2D eigenvalue weighted by Crippen LogP contribution is 2.13. The van der Waals surface area contributed by atoms with Crippen molar-refractivity contribution in [2.24, 2.45) is 0 Å². The molecule has 0 saturated carbocycles. The monoisotopic (exact) mass is 325 g/mol. The van der Waals surface area contributed by atoms with Gasteiger partial charge in [0.1, 0.15) is 0 Å². The molecule has 6 nitrogen and oxygen atoms in total. The molecule has 1 saturated heterocycles. The van der Waals surface area contributed by atoms with Crippen molar-refractivity contribution in [1.82, 2.24) is 20.2 Å². The van der Waals surface area contributed by atoms with Crippen molar-refractivity contribution in [2.45, 2.75) is 13.5 Å². The smallest absolute Gasteiger partial charge is 0.254 e. The molecule has 1 aliphatic heterocycles. The quantitative estimate of drug-likeness (QED) is 0.922. The molecule has 0 atom stereocenters. The van der Waals surface area contributed by atoms with Crippen LogP contribution in [0.25, 0.3) is 0 Å². The van der Waals surface area contributed by atoms with Gasteiger partial charge in [-0.15, -0.1) is 0 Å². The van der Waals surface area contributed by atoms with Crippen LogP contribution in [0.2, 0.25) is 0 Å². The fourth-order valence-electron chi connectivity index (χ4n) is 2.71. The second-order valence-electron chi connectivity index (χ2n) is 6.13. The van der Waals surface area contributed by atoms with Gasteiger partial charge in [0.2, 0.25) is 5.95 Å². The predicted molar refractivity (Wildman–Crippen MR) is 94.1 cm³/mol. The number of likely N-dealkylation sites (N-methyl/N-ethyl adjacent to an activating group) is 1. The number of piperazine rings is 1. The molecule has 24 heavy (non-hydrogen) atoms. The lowest BCUT2D eigenvalue weighted by Gasteiger charge is -2.32. The van der Waals surface area contributed by atoms with Crippen LogP contribution in [-0.2, 0) is 6.54 Å². The minimum absolute atomic E-state index is 0.138. The molecule has 2 aromatic rings. The molecule has 1 aromatic heterocycles. The first-order chi connectivity index (χ1) is 11.6. The molecular weight excluding hydrogens is 302 g/mol. The van der Waals surface area contributed by atoms with Gasteiger partial charge in [0, 0.05) is 38.9 Å². The molecule has 1 aliphatic rings. The zero-order chi connectivity index (χ0) is 16.9. The van der Waals surface area contributed by atoms with Crippen LogP contribution in [0.5, 0.6) is 0 Å². The number of anilines is 1. The Balaban J connectivity index is 1.64. The van der Waals surface area contributed by atoms with Gasteiger partial charge in [-0.1, -0.05) is 30.3 Å². The predicted octanol–water partition coefficient (Wildman–Crippen LogP) is 1.47. The van der Waals surface area contributed by atoms with Gasteiger partial charge < -0.3 is 15.1 Å². The van der Waals surface area contributed by atoms with Crippen LogP contribution in [0.1, 0.15) is 21.6 Å². The number of rotatable bonds is 4. The Kier molecular flexibility index (Phi) is 5.05. The third-order valence-corrected chi connectivity index (χ3v) is 4.29. The molecule has 1 amide bonds. The molecule has 0 unspecified atom stereocenters. The highest BCUT2D eigenvalue weighted by Gasteiger charge is 2.18. The summed E-state index contributed by atoms with van der Waals surface area (Å²) < 4.78 is 0. The summed E-state index contributed by atoms with van der Waals surface area (Å²) in [6, 6.07) is 9.85. The van der Waals surface area contributed by atoms with Crippen LogP contribution in [0.4, 0.5) is 5.95 Å². The lowest BCUT2D eigenvalue weighted by atomic mass is 10.2. The molecule has 1 N–H and O–H groups in total. The third kappa shape index (κ3) is 3.89.